The van der Waals surface area contributed by atoms with E-state index in [2.05, 4.69) is 4.98 Å². The number of carboxylic acid groups (broad SMARTS) is 1. The Bertz CT molecular complexity index is 790. The highest BCUT2D eigenvalue weighted by molar-refractivity contribution is 7.13. The number of hydrogen-bond acceptors (Lipinski definition) is 5. The number of halogens is 1. The van der Waals surface area contributed by atoms with Gasteiger partial charge in [0.1, 0.15) is 10.7 Å². The standard InChI is InChI=1S/C17H17FN2O4S/c1-10-15(16(21)20-6-7-24-13(9-20)17(22)23)25-14(19-10)8-11-2-4-12(18)5-3-11/h2-5,13H,6-9H2,1H3,(H,22,23). The van der Waals surface area contributed by atoms with Gasteiger partial charge in [0, 0.05) is 13.0 Å². The Kier molecular flexibility index (Phi) is 5.10. The number of carbonyl (C=O) groups excluding carboxylic acids is 1. The summed E-state index contributed by atoms with van der Waals surface area (Å²) in [5.41, 5.74) is 1.52. The van der Waals surface area contributed by atoms with E-state index >= 15 is 0 Å². The smallest absolute Gasteiger partial charge is 0.334 e. The lowest BCUT2D eigenvalue weighted by atomic mass is 10.1. The molecular weight excluding hydrogens is 347 g/mol. The first-order chi connectivity index (χ1) is 11.9. The van der Waals surface area contributed by atoms with Gasteiger partial charge in [0.25, 0.3) is 5.91 Å². The molecule has 1 aliphatic rings. The highest BCUT2D eigenvalue weighted by Gasteiger charge is 2.31. The van der Waals surface area contributed by atoms with Gasteiger partial charge in [-0.2, -0.15) is 0 Å². The first-order valence-electron chi connectivity index (χ1n) is 7.78. The molecule has 25 heavy (non-hydrogen) atoms. The number of benzene rings is 1. The average Bonchev–Trinajstić information content (AvgIpc) is 2.96. The third kappa shape index (κ3) is 4.02. The summed E-state index contributed by atoms with van der Waals surface area (Å²) in [6.07, 6.45) is -0.482. The van der Waals surface area contributed by atoms with Crippen molar-refractivity contribution < 1.29 is 23.8 Å². The molecular formula is C17H17FN2O4S. The number of carbonyl (C=O) groups is 2. The summed E-state index contributed by atoms with van der Waals surface area (Å²) in [6, 6.07) is 6.16. The van der Waals surface area contributed by atoms with Gasteiger partial charge >= 0.3 is 5.97 Å². The zero-order valence-electron chi connectivity index (χ0n) is 13.6. The number of carboxylic acids is 1. The van der Waals surface area contributed by atoms with E-state index in [0.29, 0.717) is 23.5 Å². The number of aliphatic carboxylic acids is 1. The van der Waals surface area contributed by atoms with Crippen molar-refractivity contribution in [2.45, 2.75) is 19.4 Å². The summed E-state index contributed by atoms with van der Waals surface area (Å²) >= 11 is 1.29. The van der Waals surface area contributed by atoms with Gasteiger partial charge in [0.05, 0.1) is 23.9 Å². The number of aryl methyl sites for hydroxylation is 1. The Labute approximate surface area is 147 Å². The Morgan fingerprint density at radius 1 is 1.40 bits per heavy atom. The van der Waals surface area contributed by atoms with Crippen LogP contribution >= 0.6 is 11.3 Å². The van der Waals surface area contributed by atoms with Crippen LogP contribution in [-0.4, -0.2) is 52.7 Å². The third-order valence-electron chi connectivity index (χ3n) is 3.93. The van der Waals surface area contributed by atoms with E-state index in [9.17, 15) is 14.0 Å². The van der Waals surface area contributed by atoms with Gasteiger partial charge in [-0.3, -0.25) is 4.79 Å². The van der Waals surface area contributed by atoms with E-state index in [1.54, 1.807) is 19.1 Å². The zero-order valence-corrected chi connectivity index (χ0v) is 14.4. The van der Waals surface area contributed by atoms with Crippen LogP contribution in [0.5, 0.6) is 0 Å². The van der Waals surface area contributed by atoms with Crippen molar-refractivity contribution in [2.24, 2.45) is 0 Å². The van der Waals surface area contributed by atoms with Crippen LogP contribution in [0.3, 0.4) is 0 Å². The molecule has 3 rings (SSSR count). The second kappa shape index (κ2) is 7.28. The van der Waals surface area contributed by atoms with E-state index < -0.39 is 12.1 Å². The molecule has 8 heteroatoms. The van der Waals surface area contributed by atoms with E-state index in [1.807, 2.05) is 0 Å². The molecule has 1 atom stereocenters. The van der Waals surface area contributed by atoms with Gasteiger partial charge in [0.2, 0.25) is 0 Å². The summed E-state index contributed by atoms with van der Waals surface area (Å²) in [7, 11) is 0. The van der Waals surface area contributed by atoms with E-state index in [1.165, 1.54) is 28.4 Å². The van der Waals surface area contributed by atoms with Gasteiger partial charge in [-0.15, -0.1) is 11.3 Å². The fourth-order valence-corrected chi connectivity index (χ4v) is 3.70. The first-order valence-corrected chi connectivity index (χ1v) is 8.60. The number of thiazole rings is 1. The lowest BCUT2D eigenvalue weighted by Gasteiger charge is -2.30. The Morgan fingerprint density at radius 3 is 2.80 bits per heavy atom. The molecule has 2 heterocycles. The number of rotatable bonds is 4. The molecule has 1 saturated heterocycles. The number of amides is 1. The molecule has 0 radical (unpaired) electrons. The number of hydrogen-bond donors (Lipinski definition) is 1. The highest BCUT2D eigenvalue weighted by atomic mass is 32.1. The third-order valence-corrected chi connectivity index (χ3v) is 5.08. The van der Waals surface area contributed by atoms with Gasteiger partial charge in [-0.05, 0) is 24.6 Å². The largest absolute Gasteiger partial charge is 0.479 e. The molecule has 1 aliphatic heterocycles. The predicted molar refractivity (Wildman–Crippen MR) is 89.3 cm³/mol. The lowest BCUT2D eigenvalue weighted by molar-refractivity contribution is -0.154. The van der Waals surface area contributed by atoms with Crippen LogP contribution in [0.1, 0.15) is 25.9 Å². The number of nitrogens with zero attached hydrogens (tertiary/aromatic N) is 2. The minimum absolute atomic E-state index is 0.0266. The number of morpholine rings is 1. The maximum atomic E-state index is 13.0. The molecule has 132 valence electrons. The Hall–Kier alpha value is -2.32. The van der Waals surface area contributed by atoms with Crippen LogP contribution in [0, 0.1) is 12.7 Å². The van der Waals surface area contributed by atoms with Crippen LogP contribution in [0.2, 0.25) is 0 Å². The molecule has 0 aliphatic carbocycles. The normalized spacial score (nSPS) is 17.5. The summed E-state index contributed by atoms with van der Waals surface area (Å²) in [5.74, 6) is -1.60. The van der Waals surface area contributed by atoms with Gasteiger partial charge in [-0.1, -0.05) is 12.1 Å². The second-order valence-corrected chi connectivity index (χ2v) is 6.86. The fourth-order valence-electron chi connectivity index (χ4n) is 2.63. The molecule has 2 aromatic rings. The molecule has 1 unspecified atom stereocenters. The maximum Gasteiger partial charge on any atom is 0.334 e. The minimum atomic E-state index is -1.07. The summed E-state index contributed by atoms with van der Waals surface area (Å²) in [4.78, 5) is 30.2. The van der Waals surface area contributed by atoms with E-state index in [-0.39, 0.29) is 24.9 Å². The van der Waals surface area contributed by atoms with Gasteiger partial charge in [-0.25, -0.2) is 14.2 Å². The van der Waals surface area contributed by atoms with Crippen molar-refractivity contribution in [3.63, 3.8) is 0 Å². The quantitative estimate of drug-likeness (QED) is 0.899. The van der Waals surface area contributed by atoms with Crippen molar-refractivity contribution in [1.29, 1.82) is 0 Å². The molecule has 1 fully saturated rings. The van der Waals surface area contributed by atoms with E-state index in [4.69, 9.17) is 9.84 Å². The van der Waals surface area contributed by atoms with Crippen LogP contribution in [0.4, 0.5) is 4.39 Å². The SMILES string of the molecule is Cc1nc(Cc2ccc(F)cc2)sc1C(=O)N1CCOC(C(=O)O)C1. The highest BCUT2D eigenvalue weighted by Crippen LogP contribution is 2.23. The summed E-state index contributed by atoms with van der Waals surface area (Å²) in [6.45, 7) is 2.34. The van der Waals surface area contributed by atoms with Crippen LogP contribution in [0.25, 0.3) is 0 Å². The van der Waals surface area contributed by atoms with Crippen molar-refractivity contribution >= 4 is 23.2 Å². The Morgan fingerprint density at radius 2 is 2.12 bits per heavy atom. The van der Waals surface area contributed by atoms with Gasteiger partial charge in [0.15, 0.2) is 6.10 Å². The molecule has 1 aromatic heterocycles. The average molecular weight is 364 g/mol. The van der Waals surface area contributed by atoms with E-state index in [0.717, 1.165) is 10.6 Å². The summed E-state index contributed by atoms with van der Waals surface area (Å²) in [5, 5.41) is 9.81. The molecule has 6 nitrogen and oxygen atoms in total. The maximum absolute atomic E-state index is 13.0. The van der Waals surface area contributed by atoms with Crippen LogP contribution < -0.4 is 0 Å². The second-order valence-electron chi connectivity index (χ2n) is 5.77. The molecule has 0 bridgehead atoms. The molecule has 0 spiro atoms. The zero-order chi connectivity index (χ0) is 18.0. The molecule has 1 N–H and O–H groups in total. The molecule has 1 aromatic carbocycles. The molecule has 0 saturated carbocycles. The van der Waals surface area contributed by atoms with Gasteiger partial charge < -0.3 is 14.7 Å². The first kappa shape index (κ1) is 17.5. The topological polar surface area (TPSA) is 79.7 Å². The van der Waals surface area contributed by atoms with Crippen molar-refractivity contribution in [1.82, 2.24) is 9.88 Å². The van der Waals surface area contributed by atoms with Crippen LogP contribution in [0.15, 0.2) is 24.3 Å². The van der Waals surface area contributed by atoms with Crippen molar-refractivity contribution in [3.05, 3.63) is 51.2 Å². The Balaban J connectivity index is 1.74. The fraction of sp³-hybridized carbons (Fsp3) is 0.353. The van der Waals surface area contributed by atoms with Crippen LogP contribution in [-0.2, 0) is 16.0 Å². The van der Waals surface area contributed by atoms with Crippen molar-refractivity contribution in [3.8, 4) is 0 Å². The molecule has 1 amide bonds. The monoisotopic (exact) mass is 364 g/mol. The van der Waals surface area contributed by atoms with Crippen molar-refractivity contribution in [2.75, 3.05) is 19.7 Å². The minimum Gasteiger partial charge on any atom is -0.479 e. The summed E-state index contributed by atoms with van der Waals surface area (Å²) < 4.78 is 18.1. The lowest BCUT2D eigenvalue weighted by Crippen LogP contribution is -2.48. The number of aromatic nitrogens is 1. The number of ether oxygens (including phenoxy) is 1. The predicted octanol–water partition coefficient (Wildman–Crippen LogP) is 2.11.